The summed E-state index contributed by atoms with van der Waals surface area (Å²) >= 11 is 0. The van der Waals surface area contributed by atoms with Crippen molar-refractivity contribution in [2.24, 2.45) is 17.3 Å². The average Bonchev–Trinajstić information content (AvgIpc) is 2.25. The minimum atomic E-state index is 0.636. The van der Waals surface area contributed by atoms with Gasteiger partial charge in [-0.05, 0) is 49.4 Å². The Balaban J connectivity index is 1.93. The first-order valence-electron chi connectivity index (χ1n) is 6.61. The van der Waals surface area contributed by atoms with Gasteiger partial charge in [0.2, 0.25) is 0 Å². The van der Waals surface area contributed by atoms with Gasteiger partial charge in [0.15, 0.2) is 0 Å². The number of nitriles is 1. The zero-order chi connectivity index (χ0) is 10.7. The molecule has 0 aromatic rings. The standard InChI is InChI=1S/C14H23N/c1-14-9-3-2-6-13(14)8-7-12(11-14)5-4-10-15/h12-13H,2-9,11H2,1H3/t12-,13-,14-/m1/s1. The Bertz CT molecular complexity index is 253. The highest BCUT2D eigenvalue weighted by atomic mass is 14.5. The van der Waals surface area contributed by atoms with Crippen molar-refractivity contribution in [3.05, 3.63) is 0 Å². The van der Waals surface area contributed by atoms with Crippen LogP contribution in [0.4, 0.5) is 0 Å². The maximum Gasteiger partial charge on any atom is 0.0621 e. The molecule has 0 radical (unpaired) electrons. The molecule has 0 saturated heterocycles. The Morgan fingerprint density at radius 3 is 2.93 bits per heavy atom. The average molecular weight is 205 g/mol. The molecule has 15 heavy (non-hydrogen) atoms. The smallest absolute Gasteiger partial charge is 0.0621 e. The van der Waals surface area contributed by atoms with E-state index in [1.165, 1.54) is 44.9 Å². The van der Waals surface area contributed by atoms with Crippen LogP contribution in [0.1, 0.15) is 64.7 Å². The van der Waals surface area contributed by atoms with Crippen LogP contribution in [0.5, 0.6) is 0 Å². The molecule has 0 aliphatic heterocycles. The lowest BCUT2D eigenvalue weighted by molar-refractivity contribution is 0.0320. The summed E-state index contributed by atoms with van der Waals surface area (Å²) in [5.74, 6) is 1.86. The zero-order valence-corrected chi connectivity index (χ0v) is 9.97. The van der Waals surface area contributed by atoms with Crippen molar-refractivity contribution in [1.29, 1.82) is 5.26 Å². The van der Waals surface area contributed by atoms with Gasteiger partial charge in [-0.25, -0.2) is 0 Å². The van der Waals surface area contributed by atoms with Gasteiger partial charge in [-0.15, -0.1) is 0 Å². The number of hydrogen-bond acceptors (Lipinski definition) is 1. The molecular formula is C14H23N. The molecule has 2 fully saturated rings. The minimum absolute atomic E-state index is 0.636. The van der Waals surface area contributed by atoms with E-state index in [1.807, 2.05) is 0 Å². The third kappa shape index (κ3) is 2.36. The lowest BCUT2D eigenvalue weighted by atomic mass is 9.58. The molecule has 0 aromatic heterocycles. The van der Waals surface area contributed by atoms with Gasteiger partial charge in [0.25, 0.3) is 0 Å². The summed E-state index contributed by atoms with van der Waals surface area (Å²) in [4.78, 5) is 0. The maximum absolute atomic E-state index is 8.64. The molecule has 1 nitrogen and oxygen atoms in total. The molecule has 0 unspecified atom stereocenters. The fourth-order valence-electron chi connectivity index (χ4n) is 3.95. The molecule has 0 heterocycles. The Morgan fingerprint density at radius 2 is 2.13 bits per heavy atom. The van der Waals surface area contributed by atoms with Crippen LogP contribution in [0.2, 0.25) is 0 Å². The van der Waals surface area contributed by atoms with Crippen LogP contribution >= 0.6 is 0 Å². The van der Waals surface area contributed by atoms with Gasteiger partial charge in [-0.3, -0.25) is 0 Å². The first kappa shape index (κ1) is 11.0. The highest BCUT2D eigenvalue weighted by molar-refractivity contribution is 4.92. The molecule has 0 N–H and O–H groups in total. The summed E-state index contributed by atoms with van der Waals surface area (Å²) in [5.41, 5.74) is 0.636. The molecule has 3 atom stereocenters. The van der Waals surface area contributed by atoms with E-state index in [0.717, 1.165) is 24.7 Å². The van der Waals surface area contributed by atoms with Crippen molar-refractivity contribution in [2.45, 2.75) is 64.7 Å². The lowest BCUT2D eigenvalue weighted by Crippen LogP contribution is -2.37. The van der Waals surface area contributed by atoms with Crippen LogP contribution in [0.25, 0.3) is 0 Å². The molecule has 2 rings (SSSR count). The van der Waals surface area contributed by atoms with Gasteiger partial charge < -0.3 is 0 Å². The summed E-state index contributed by atoms with van der Waals surface area (Å²) in [7, 11) is 0. The first-order chi connectivity index (χ1) is 7.24. The van der Waals surface area contributed by atoms with Crippen molar-refractivity contribution in [2.75, 3.05) is 0 Å². The van der Waals surface area contributed by atoms with Crippen molar-refractivity contribution < 1.29 is 0 Å². The maximum atomic E-state index is 8.64. The molecule has 2 aliphatic rings. The predicted molar refractivity (Wildman–Crippen MR) is 62.3 cm³/mol. The highest BCUT2D eigenvalue weighted by Gasteiger charge is 2.40. The molecule has 2 aliphatic carbocycles. The largest absolute Gasteiger partial charge is 0.198 e. The zero-order valence-electron chi connectivity index (χ0n) is 9.97. The molecule has 2 saturated carbocycles. The Kier molecular flexibility index (Phi) is 3.34. The van der Waals surface area contributed by atoms with Crippen LogP contribution in [0.3, 0.4) is 0 Å². The third-order valence-corrected chi connectivity index (χ3v) is 4.88. The fraction of sp³-hybridized carbons (Fsp3) is 0.929. The third-order valence-electron chi connectivity index (χ3n) is 4.88. The van der Waals surface area contributed by atoms with Crippen LogP contribution in [-0.4, -0.2) is 0 Å². The summed E-state index contributed by atoms with van der Waals surface area (Å²) in [6.07, 6.45) is 12.0. The molecular weight excluding hydrogens is 182 g/mol. The van der Waals surface area contributed by atoms with Crippen LogP contribution in [0, 0.1) is 28.6 Å². The normalized spacial score (nSPS) is 40.5. The fourth-order valence-corrected chi connectivity index (χ4v) is 3.95. The van der Waals surface area contributed by atoms with E-state index in [1.54, 1.807) is 0 Å². The summed E-state index contributed by atoms with van der Waals surface area (Å²) in [5, 5.41) is 8.64. The van der Waals surface area contributed by atoms with Gasteiger partial charge in [-0.1, -0.05) is 26.2 Å². The van der Waals surface area contributed by atoms with Crippen LogP contribution < -0.4 is 0 Å². The van der Waals surface area contributed by atoms with E-state index in [-0.39, 0.29) is 0 Å². The van der Waals surface area contributed by atoms with Gasteiger partial charge in [-0.2, -0.15) is 5.26 Å². The van der Waals surface area contributed by atoms with Gasteiger partial charge in [0.1, 0.15) is 0 Å². The number of rotatable bonds is 2. The van der Waals surface area contributed by atoms with Crippen molar-refractivity contribution in [3.63, 3.8) is 0 Å². The summed E-state index contributed by atoms with van der Waals surface area (Å²) in [6, 6.07) is 2.30. The molecule has 0 aromatic carbocycles. The summed E-state index contributed by atoms with van der Waals surface area (Å²) in [6.45, 7) is 2.51. The second kappa shape index (κ2) is 4.56. The number of fused-ring (bicyclic) bond motifs is 1. The predicted octanol–water partition coefficient (Wildman–Crippen LogP) is 4.29. The van der Waals surface area contributed by atoms with Crippen LogP contribution in [-0.2, 0) is 0 Å². The van der Waals surface area contributed by atoms with E-state index >= 15 is 0 Å². The lowest BCUT2D eigenvalue weighted by Gasteiger charge is -2.48. The molecule has 0 amide bonds. The SMILES string of the molecule is C[C@]12CCCC[C@@H]1CC[C@@H](CCC#N)C2. The second-order valence-corrected chi connectivity index (χ2v) is 5.94. The van der Waals surface area contributed by atoms with E-state index < -0.39 is 0 Å². The number of hydrogen-bond donors (Lipinski definition) is 0. The van der Waals surface area contributed by atoms with Gasteiger partial charge >= 0.3 is 0 Å². The Morgan fingerprint density at radius 1 is 1.27 bits per heavy atom. The minimum Gasteiger partial charge on any atom is -0.198 e. The Labute approximate surface area is 93.9 Å². The number of nitrogens with zero attached hydrogens (tertiary/aromatic N) is 1. The quantitative estimate of drug-likeness (QED) is 0.660. The van der Waals surface area contributed by atoms with Crippen molar-refractivity contribution in [1.82, 2.24) is 0 Å². The molecule has 0 bridgehead atoms. The van der Waals surface area contributed by atoms with Crippen LogP contribution in [0.15, 0.2) is 0 Å². The van der Waals surface area contributed by atoms with Crippen molar-refractivity contribution in [3.8, 4) is 6.07 Å². The Hall–Kier alpha value is -0.510. The summed E-state index contributed by atoms with van der Waals surface area (Å²) < 4.78 is 0. The van der Waals surface area contributed by atoms with E-state index in [0.29, 0.717) is 5.41 Å². The van der Waals surface area contributed by atoms with Gasteiger partial charge in [0.05, 0.1) is 6.07 Å². The van der Waals surface area contributed by atoms with E-state index in [4.69, 9.17) is 5.26 Å². The molecule has 1 heteroatoms. The second-order valence-electron chi connectivity index (χ2n) is 5.94. The molecule has 84 valence electrons. The van der Waals surface area contributed by atoms with E-state index in [2.05, 4.69) is 13.0 Å². The molecule has 0 spiro atoms. The van der Waals surface area contributed by atoms with Crippen molar-refractivity contribution >= 4 is 0 Å². The highest BCUT2D eigenvalue weighted by Crippen LogP contribution is 2.52. The van der Waals surface area contributed by atoms with E-state index in [9.17, 15) is 0 Å². The first-order valence-corrected chi connectivity index (χ1v) is 6.61. The monoisotopic (exact) mass is 205 g/mol. The van der Waals surface area contributed by atoms with Gasteiger partial charge in [0, 0.05) is 6.42 Å². The topological polar surface area (TPSA) is 23.8 Å².